The average Bonchev–Trinajstić information content (AvgIpc) is 3.42. The molecule has 0 radical (unpaired) electrons. The first-order valence-corrected chi connectivity index (χ1v) is 27.6. The smallest absolute Gasteiger partial charge is 0.326 e. The van der Waals surface area contributed by atoms with E-state index in [4.69, 9.17) is 11.5 Å². The largest absolute Gasteiger partial charge is 0.508 e. The quantitative estimate of drug-likeness (QED) is 0.0371. The number of nitrogens with two attached hydrogens (primary N) is 2. The van der Waals surface area contributed by atoms with Crippen molar-refractivity contribution in [1.82, 2.24) is 42.5 Å². The number of phenols is 1. The summed E-state index contributed by atoms with van der Waals surface area (Å²) in [5.74, 6) is -9.03. The van der Waals surface area contributed by atoms with Crippen molar-refractivity contribution in [1.29, 1.82) is 0 Å². The van der Waals surface area contributed by atoms with Gasteiger partial charge in [0.25, 0.3) is 0 Å². The first kappa shape index (κ1) is 66.8. The first-order chi connectivity index (χ1) is 38.0. The number of benzene rings is 3. The molecular formula is C58H86N10O12. The lowest BCUT2D eigenvalue weighted by Gasteiger charge is -2.30. The van der Waals surface area contributed by atoms with Crippen molar-refractivity contribution in [2.75, 3.05) is 13.2 Å². The number of carbonyl (C=O) groups excluding carboxylic acids is 8. The van der Waals surface area contributed by atoms with E-state index < -0.39 is 132 Å². The summed E-state index contributed by atoms with van der Waals surface area (Å²) in [6, 6.07) is 12.2. The number of aliphatic hydroxyl groups is 1. The highest BCUT2D eigenvalue weighted by Crippen LogP contribution is 2.16. The second-order valence-electron chi connectivity index (χ2n) is 20.9. The van der Waals surface area contributed by atoms with Crippen LogP contribution in [0.1, 0.15) is 110 Å². The molecule has 440 valence electrons. The van der Waals surface area contributed by atoms with Crippen LogP contribution in [-0.2, 0) is 62.4 Å². The van der Waals surface area contributed by atoms with Crippen LogP contribution in [0.4, 0.5) is 0 Å². The van der Waals surface area contributed by atoms with E-state index in [1.165, 1.54) is 12.1 Å². The molecule has 0 saturated heterocycles. The van der Waals surface area contributed by atoms with Gasteiger partial charge < -0.3 is 69.3 Å². The zero-order chi connectivity index (χ0) is 59.5. The van der Waals surface area contributed by atoms with Crippen LogP contribution in [0, 0.1) is 17.8 Å². The van der Waals surface area contributed by atoms with Crippen molar-refractivity contribution in [3.63, 3.8) is 0 Å². The van der Waals surface area contributed by atoms with Crippen molar-refractivity contribution < 1.29 is 58.5 Å². The molecule has 0 spiro atoms. The van der Waals surface area contributed by atoms with Crippen molar-refractivity contribution in [3.05, 3.63) is 102 Å². The van der Waals surface area contributed by atoms with Crippen molar-refractivity contribution in [2.45, 2.75) is 167 Å². The first-order valence-electron chi connectivity index (χ1n) is 27.6. The van der Waals surface area contributed by atoms with Crippen LogP contribution in [0.5, 0.6) is 5.75 Å². The molecule has 22 nitrogen and oxygen atoms in total. The number of rotatable bonds is 35. The zero-order valence-electron chi connectivity index (χ0n) is 47.2. The van der Waals surface area contributed by atoms with Crippen LogP contribution >= 0.6 is 0 Å². The molecule has 0 aliphatic heterocycles. The van der Waals surface area contributed by atoms with Crippen LogP contribution in [0.3, 0.4) is 0 Å². The number of hydrogen-bond acceptors (Lipinski definition) is 13. The molecule has 0 fully saturated rings. The van der Waals surface area contributed by atoms with Gasteiger partial charge >= 0.3 is 5.97 Å². The molecule has 15 N–H and O–H groups in total. The number of aliphatic hydroxyl groups excluding tert-OH is 1. The second kappa shape index (κ2) is 34.5. The standard InChI is InChI=1S/C58H86N10O12/c1-8-10-23-42(62-55(76)46(33-69)65-56(77)47(34(3)4)66-50(71)41(60)30-37-19-13-11-14-20-37)51(72)61-43(24-17-18-29-59)52(73)68-49(36(7)9-2)57(78)64-44(31-38-21-15-12-16-22-38)53(74)63-45(32-39-25-27-40(70)28-26-39)54(75)67-48(35(5)6)58(79)80/h11-16,19-22,25-28,34-36,41-49,69-70H,8-10,17-18,23-24,29-33,59-60H2,1-7H3,(H,61,72)(H,62,76)(H,63,74)(H,64,78)(H,65,77)(H,66,71)(H,67,75)(H,68,73)(H,79,80)/t36-,41-,42-,43-,44-,45-,46-,47-,48-,49-/m0/s1. The summed E-state index contributed by atoms with van der Waals surface area (Å²) in [4.78, 5) is 124. The number of aromatic hydroxyl groups is 1. The molecule has 10 atom stereocenters. The molecule has 0 bridgehead atoms. The maximum Gasteiger partial charge on any atom is 0.326 e. The molecule has 0 aliphatic rings. The number of hydrogen-bond donors (Lipinski definition) is 13. The van der Waals surface area contributed by atoms with E-state index in [2.05, 4.69) is 42.5 Å². The molecule has 3 aromatic carbocycles. The molecule has 3 aromatic rings. The minimum atomic E-state index is -1.56. The molecule has 8 amide bonds. The highest BCUT2D eigenvalue weighted by atomic mass is 16.4. The average molecular weight is 1120 g/mol. The molecule has 80 heavy (non-hydrogen) atoms. The van der Waals surface area contributed by atoms with Crippen LogP contribution in [-0.4, -0.2) is 136 Å². The zero-order valence-corrected chi connectivity index (χ0v) is 47.2. The summed E-state index contributed by atoms with van der Waals surface area (Å²) in [5.41, 5.74) is 14.0. The fourth-order valence-electron chi connectivity index (χ4n) is 8.59. The predicted octanol–water partition coefficient (Wildman–Crippen LogP) is 1.38. The van der Waals surface area contributed by atoms with Crippen molar-refractivity contribution in [2.24, 2.45) is 29.2 Å². The number of carbonyl (C=O) groups is 9. The van der Waals surface area contributed by atoms with Crippen molar-refractivity contribution >= 4 is 53.2 Å². The Kier molecular flexibility index (Phi) is 28.9. The molecule has 0 unspecified atom stereocenters. The Hall–Kier alpha value is -7.43. The summed E-state index contributed by atoms with van der Waals surface area (Å²) in [6.45, 7) is 11.4. The monoisotopic (exact) mass is 1110 g/mol. The minimum absolute atomic E-state index is 0.0405. The Bertz CT molecular complexity index is 2470. The van der Waals surface area contributed by atoms with Gasteiger partial charge in [-0.05, 0) is 85.2 Å². The SMILES string of the molecule is CCCC[C@H](NC(=O)[C@H](CO)NC(=O)[C@@H](NC(=O)[C@@H](N)Cc1ccccc1)C(C)C)C(=O)N[C@@H](CCCCN)C(=O)N[C@H](C(=O)N[C@@H](Cc1ccccc1)C(=O)N[C@@H](Cc1ccc(O)cc1)C(=O)N[C@H](C(=O)O)C(C)C)[C@@H](C)CC. The Labute approximate surface area is 469 Å². The lowest BCUT2D eigenvalue weighted by atomic mass is 9.96. The van der Waals surface area contributed by atoms with E-state index in [-0.39, 0.29) is 44.4 Å². The number of nitrogens with one attached hydrogen (secondary N) is 8. The van der Waals surface area contributed by atoms with Gasteiger partial charge in [-0.2, -0.15) is 0 Å². The van der Waals surface area contributed by atoms with E-state index in [0.717, 1.165) is 5.56 Å². The Morgan fingerprint density at radius 1 is 0.463 bits per heavy atom. The van der Waals surface area contributed by atoms with Gasteiger partial charge in [0, 0.05) is 12.8 Å². The number of carboxylic acid groups (broad SMARTS) is 1. The highest BCUT2D eigenvalue weighted by Gasteiger charge is 2.37. The van der Waals surface area contributed by atoms with E-state index in [1.807, 2.05) is 37.3 Å². The number of phenolic OH excluding ortho intramolecular Hbond substituents is 1. The third-order valence-corrected chi connectivity index (χ3v) is 13.7. The summed E-state index contributed by atoms with van der Waals surface area (Å²) in [5, 5.41) is 51.5. The van der Waals surface area contributed by atoms with E-state index in [1.54, 1.807) is 84.0 Å². The molecule has 0 heterocycles. The fourth-order valence-corrected chi connectivity index (χ4v) is 8.59. The maximum atomic E-state index is 14.6. The van der Waals surface area contributed by atoms with Gasteiger partial charge in [0.1, 0.15) is 54.1 Å². The predicted molar refractivity (Wildman–Crippen MR) is 302 cm³/mol. The summed E-state index contributed by atoms with van der Waals surface area (Å²) in [6.07, 6.45) is 2.43. The third-order valence-electron chi connectivity index (χ3n) is 13.7. The molecule has 0 aromatic heterocycles. The van der Waals surface area contributed by atoms with E-state index in [0.29, 0.717) is 43.2 Å². The topological polar surface area (TPSA) is 363 Å². The lowest BCUT2D eigenvalue weighted by Crippen LogP contribution is -2.62. The van der Waals surface area contributed by atoms with Gasteiger partial charge in [-0.1, -0.05) is 141 Å². The Morgan fingerprint density at radius 3 is 1.35 bits per heavy atom. The molecule has 0 saturated carbocycles. The molecule has 0 aliphatic carbocycles. The fraction of sp³-hybridized carbons (Fsp3) is 0.534. The Morgan fingerprint density at radius 2 is 0.863 bits per heavy atom. The van der Waals surface area contributed by atoms with Crippen LogP contribution in [0.15, 0.2) is 84.9 Å². The van der Waals surface area contributed by atoms with E-state index >= 15 is 0 Å². The molecular weight excluding hydrogens is 1030 g/mol. The van der Waals surface area contributed by atoms with Gasteiger partial charge in [-0.3, -0.25) is 38.4 Å². The maximum absolute atomic E-state index is 14.6. The van der Waals surface area contributed by atoms with Gasteiger partial charge in [-0.25, -0.2) is 4.79 Å². The van der Waals surface area contributed by atoms with Gasteiger partial charge in [0.2, 0.25) is 47.3 Å². The van der Waals surface area contributed by atoms with E-state index in [9.17, 15) is 58.5 Å². The van der Waals surface area contributed by atoms with Gasteiger partial charge in [0.05, 0.1) is 12.6 Å². The van der Waals surface area contributed by atoms with Crippen LogP contribution in [0.25, 0.3) is 0 Å². The number of amides is 8. The summed E-state index contributed by atoms with van der Waals surface area (Å²) >= 11 is 0. The third kappa shape index (κ3) is 22.4. The van der Waals surface area contributed by atoms with Crippen LogP contribution < -0.4 is 54.0 Å². The summed E-state index contributed by atoms with van der Waals surface area (Å²) < 4.78 is 0. The molecule has 22 heteroatoms. The summed E-state index contributed by atoms with van der Waals surface area (Å²) in [7, 11) is 0. The van der Waals surface area contributed by atoms with Crippen LogP contribution in [0.2, 0.25) is 0 Å². The second-order valence-corrected chi connectivity index (χ2v) is 20.9. The number of carboxylic acids is 1. The lowest BCUT2D eigenvalue weighted by molar-refractivity contribution is -0.143. The number of unbranched alkanes of at least 4 members (excludes halogenated alkanes) is 2. The van der Waals surface area contributed by atoms with Gasteiger partial charge in [0.15, 0.2) is 0 Å². The highest BCUT2D eigenvalue weighted by molar-refractivity contribution is 5.98. The van der Waals surface area contributed by atoms with Gasteiger partial charge in [-0.15, -0.1) is 0 Å². The minimum Gasteiger partial charge on any atom is -0.508 e. The van der Waals surface area contributed by atoms with Crippen molar-refractivity contribution in [3.8, 4) is 5.75 Å². The number of aliphatic carboxylic acids is 1. The Balaban J connectivity index is 1.88. The normalized spacial score (nSPS) is 15.0. The molecule has 3 rings (SSSR count).